The van der Waals surface area contributed by atoms with Gasteiger partial charge in [-0.1, -0.05) is 24.3 Å². The summed E-state index contributed by atoms with van der Waals surface area (Å²) in [7, 11) is 1.90. The number of benzene rings is 1. The molecule has 5 heteroatoms. The van der Waals surface area contributed by atoms with Gasteiger partial charge < -0.3 is 5.73 Å². The molecule has 0 aliphatic carbocycles. The topological polar surface area (TPSA) is 73.8 Å². The maximum Gasteiger partial charge on any atom is 0.248 e. The number of primary amides is 1. The Balaban J connectivity index is 1.96. The minimum absolute atomic E-state index is 0.454. The van der Waals surface area contributed by atoms with Crippen molar-refractivity contribution < 1.29 is 4.79 Å². The Bertz CT molecular complexity index is 790. The zero-order chi connectivity index (χ0) is 14.8. The molecule has 21 heavy (non-hydrogen) atoms. The first kappa shape index (κ1) is 13.1. The van der Waals surface area contributed by atoms with E-state index in [4.69, 9.17) is 5.73 Å². The second-order valence-corrected chi connectivity index (χ2v) is 4.71. The van der Waals surface area contributed by atoms with E-state index in [1.165, 1.54) is 0 Å². The highest BCUT2D eigenvalue weighted by molar-refractivity contribution is 5.93. The van der Waals surface area contributed by atoms with Gasteiger partial charge in [-0.3, -0.25) is 14.5 Å². The van der Waals surface area contributed by atoms with Crippen LogP contribution in [0.2, 0.25) is 0 Å². The first-order valence-electron chi connectivity index (χ1n) is 6.50. The number of pyridine rings is 1. The van der Waals surface area contributed by atoms with Crippen molar-refractivity contribution in [3.63, 3.8) is 0 Å². The van der Waals surface area contributed by atoms with Crippen LogP contribution in [0.15, 0.2) is 54.9 Å². The monoisotopic (exact) mass is 278 g/mol. The Morgan fingerprint density at radius 1 is 1.05 bits per heavy atom. The number of amides is 1. The highest BCUT2D eigenvalue weighted by Gasteiger charge is 2.06. The quantitative estimate of drug-likeness (QED) is 0.798. The first-order chi connectivity index (χ1) is 10.1. The highest BCUT2D eigenvalue weighted by Crippen LogP contribution is 2.23. The third-order valence-electron chi connectivity index (χ3n) is 3.34. The second-order valence-electron chi connectivity index (χ2n) is 4.71. The van der Waals surface area contributed by atoms with Crippen molar-refractivity contribution >= 4 is 5.91 Å². The van der Waals surface area contributed by atoms with Crippen LogP contribution >= 0.6 is 0 Å². The Labute approximate surface area is 122 Å². The average molecular weight is 278 g/mol. The Morgan fingerprint density at radius 2 is 1.76 bits per heavy atom. The number of nitrogens with zero attached hydrogens (tertiary/aromatic N) is 3. The van der Waals surface area contributed by atoms with Crippen molar-refractivity contribution in [3.8, 4) is 22.5 Å². The molecule has 1 amide bonds. The molecule has 1 aromatic carbocycles. The molecule has 3 aromatic rings. The molecule has 0 saturated carbocycles. The molecule has 2 heterocycles. The first-order valence-corrected chi connectivity index (χ1v) is 6.50. The minimum Gasteiger partial charge on any atom is -0.366 e. The van der Waals surface area contributed by atoms with E-state index in [2.05, 4.69) is 10.1 Å². The lowest BCUT2D eigenvalue weighted by molar-refractivity contribution is 0.1000. The molecule has 0 unspecified atom stereocenters. The molecule has 0 aliphatic rings. The smallest absolute Gasteiger partial charge is 0.248 e. The Kier molecular flexibility index (Phi) is 3.23. The molecule has 0 aliphatic heterocycles. The number of aryl methyl sites for hydroxylation is 1. The molecule has 3 rings (SSSR count). The number of rotatable bonds is 3. The maximum atomic E-state index is 11.2. The van der Waals surface area contributed by atoms with Gasteiger partial charge in [-0.15, -0.1) is 0 Å². The molecule has 0 bridgehead atoms. The van der Waals surface area contributed by atoms with Gasteiger partial charge in [-0.05, 0) is 23.8 Å². The van der Waals surface area contributed by atoms with Crippen LogP contribution in [0.5, 0.6) is 0 Å². The van der Waals surface area contributed by atoms with Crippen LogP contribution in [0.25, 0.3) is 22.5 Å². The van der Waals surface area contributed by atoms with Gasteiger partial charge in [0.05, 0.1) is 11.4 Å². The highest BCUT2D eigenvalue weighted by atomic mass is 16.1. The summed E-state index contributed by atoms with van der Waals surface area (Å²) in [4.78, 5) is 15.5. The van der Waals surface area contributed by atoms with E-state index >= 15 is 0 Å². The van der Waals surface area contributed by atoms with Crippen molar-refractivity contribution in [3.05, 3.63) is 60.4 Å². The maximum absolute atomic E-state index is 11.2. The van der Waals surface area contributed by atoms with Gasteiger partial charge in [0, 0.05) is 30.6 Å². The number of carbonyl (C=O) groups is 1. The molecule has 2 N–H and O–H groups in total. The summed E-state index contributed by atoms with van der Waals surface area (Å²) in [5.74, 6) is -0.454. The molecule has 5 nitrogen and oxygen atoms in total. The predicted molar refractivity (Wildman–Crippen MR) is 80.4 cm³/mol. The van der Waals surface area contributed by atoms with Crippen LogP contribution in [0.1, 0.15) is 10.4 Å². The van der Waals surface area contributed by atoms with Gasteiger partial charge in [0.1, 0.15) is 0 Å². The summed E-state index contributed by atoms with van der Waals surface area (Å²) >= 11 is 0. The van der Waals surface area contributed by atoms with E-state index in [0.29, 0.717) is 5.56 Å². The minimum atomic E-state index is -0.454. The van der Waals surface area contributed by atoms with Gasteiger partial charge in [0.2, 0.25) is 5.91 Å². The molecule has 2 aromatic heterocycles. The number of hydrogen-bond acceptors (Lipinski definition) is 3. The zero-order valence-corrected chi connectivity index (χ0v) is 11.5. The summed E-state index contributed by atoms with van der Waals surface area (Å²) in [5.41, 5.74) is 9.52. The van der Waals surface area contributed by atoms with Crippen LogP contribution in [0, 0.1) is 0 Å². The SMILES string of the molecule is Cn1nccc1-c1ccc(-c2cc(C(N)=O)ccn2)cc1. The molecule has 0 radical (unpaired) electrons. The largest absolute Gasteiger partial charge is 0.366 e. The molecule has 0 spiro atoms. The van der Waals surface area contributed by atoms with E-state index in [-0.39, 0.29) is 0 Å². The lowest BCUT2D eigenvalue weighted by Crippen LogP contribution is -2.10. The van der Waals surface area contributed by atoms with Crippen LogP contribution < -0.4 is 5.73 Å². The fourth-order valence-electron chi connectivity index (χ4n) is 2.21. The molecule has 0 atom stereocenters. The van der Waals surface area contributed by atoms with E-state index in [1.54, 1.807) is 24.5 Å². The summed E-state index contributed by atoms with van der Waals surface area (Å²) in [6, 6.07) is 13.2. The molecule has 0 saturated heterocycles. The lowest BCUT2D eigenvalue weighted by atomic mass is 10.1. The fourth-order valence-corrected chi connectivity index (χ4v) is 2.21. The summed E-state index contributed by atoms with van der Waals surface area (Å²) < 4.78 is 1.82. The van der Waals surface area contributed by atoms with E-state index in [1.807, 2.05) is 42.1 Å². The molecule has 104 valence electrons. The van der Waals surface area contributed by atoms with Gasteiger partial charge in [0.25, 0.3) is 0 Å². The van der Waals surface area contributed by atoms with Crippen LogP contribution in [-0.4, -0.2) is 20.7 Å². The van der Waals surface area contributed by atoms with E-state index < -0.39 is 5.91 Å². The summed E-state index contributed by atoms with van der Waals surface area (Å²) in [5, 5.41) is 4.16. The molecule has 0 fully saturated rings. The van der Waals surface area contributed by atoms with Gasteiger partial charge in [-0.2, -0.15) is 5.10 Å². The standard InChI is InChI=1S/C16H14N4O/c1-20-15(7-9-19-20)12-4-2-11(3-5-12)14-10-13(16(17)21)6-8-18-14/h2-10H,1H3,(H2,17,21). The normalized spacial score (nSPS) is 10.5. The van der Waals surface area contributed by atoms with Crippen LogP contribution in [0.3, 0.4) is 0 Å². The summed E-state index contributed by atoms with van der Waals surface area (Å²) in [6.45, 7) is 0. The van der Waals surface area contributed by atoms with Crippen molar-refractivity contribution in [2.45, 2.75) is 0 Å². The van der Waals surface area contributed by atoms with Crippen LogP contribution in [0.4, 0.5) is 0 Å². The van der Waals surface area contributed by atoms with Gasteiger partial charge in [-0.25, -0.2) is 0 Å². The second kappa shape index (κ2) is 5.20. The summed E-state index contributed by atoms with van der Waals surface area (Å²) in [6.07, 6.45) is 3.35. The average Bonchev–Trinajstić information content (AvgIpc) is 2.94. The molecular formula is C16H14N4O. The van der Waals surface area contributed by atoms with Gasteiger partial charge >= 0.3 is 0 Å². The van der Waals surface area contributed by atoms with Crippen molar-refractivity contribution in [1.82, 2.24) is 14.8 Å². The van der Waals surface area contributed by atoms with E-state index in [0.717, 1.165) is 22.5 Å². The van der Waals surface area contributed by atoms with Crippen molar-refractivity contribution in [1.29, 1.82) is 0 Å². The van der Waals surface area contributed by atoms with Crippen LogP contribution in [-0.2, 0) is 7.05 Å². The number of aromatic nitrogens is 3. The Morgan fingerprint density at radius 3 is 2.38 bits per heavy atom. The number of carbonyl (C=O) groups excluding carboxylic acids is 1. The van der Waals surface area contributed by atoms with E-state index in [9.17, 15) is 4.79 Å². The lowest BCUT2D eigenvalue weighted by Gasteiger charge is -2.05. The molecular weight excluding hydrogens is 264 g/mol. The zero-order valence-electron chi connectivity index (χ0n) is 11.5. The Hall–Kier alpha value is -2.95. The number of hydrogen-bond donors (Lipinski definition) is 1. The predicted octanol–water partition coefficient (Wildman–Crippen LogP) is 2.25. The van der Waals surface area contributed by atoms with Gasteiger partial charge in [0.15, 0.2) is 0 Å². The van der Waals surface area contributed by atoms with Crippen molar-refractivity contribution in [2.75, 3.05) is 0 Å². The number of nitrogens with two attached hydrogens (primary N) is 1. The fraction of sp³-hybridized carbons (Fsp3) is 0.0625. The van der Waals surface area contributed by atoms with Crippen molar-refractivity contribution in [2.24, 2.45) is 12.8 Å². The third-order valence-corrected chi connectivity index (χ3v) is 3.34. The third kappa shape index (κ3) is 2.53.